The van der Waals surface area contributed by atoms with Crippen molar-refractivity contribution in [2.45, 2.75) is 6.54 Å². The molecule has 0 aromatic heterocycles. The number of halogens is 1. The lowest BCUT2D eigenvalue weighted by molar-refractivity contribution is 0.0674. The van der Waals surface area contributed by atoms with Gasteiger partial charge in [-0.25, -0.2) is 4.99 Å². The van der Waals surface area contributed by atoms with E-state index >= 15 is 0 Å². The number of benzene rings is 1. The first kappa shape index (κ1) is 19.6. The predicted molar refractivity (Wildman–Crippen MR) is 99.2 cm³/mol. The Balaban J connectivity index is 0.00000264. The number of aliphatic imine (C=N–C) groups is 1. The molecule has 0 radical (unpaired) electrons. The second kappa shape index (κ2) is 9.66. The van der Waals surface area contributed by atoms with E-state index in [4.69, 9.17) is 24.7 Å². The summed E-state index contributed by atoms with van der Waals surface area (Å²) in [5.41, 5.74) is 6.96. The molecule has 2 rings (SSSR count). The zero-order valence-corrected chi connectivity index (χ0v) is 16.0. The quantitative estimate of drug-likeness (QED) is 0.427. The van der Waals surface area contributed by atoms with Gasteiger partial charge in [0.25, 0.3) is 0 Å². The van der Waals surface area contributed by atoms with Crippen molar-refractivity contribution in [1.29, 1.82) is 0 Å². The minimum Gasteiger partial charge on any atom is -0.493 e. The van der Waals surface area contributed by atoms with Gasteiger partial charge in [-0.1, -0.05) is 0 Å². The maximum absolute atomic E-state index is 6.03. The molecule has 1 aromatic rings. The summed E-state index contributed by atoms with van der Waals surface area (Å²) >= 11 is 0. The van der Waals surface area contributed by atoms with Gasteiger partial charge in [-0.15, -0.1) is 24.0 Å². The SMILES string of the molecule is COc1cc(CN=C(N)N2CCOCC2)cc(OC)c1OC.I. The molecule has 1 heterocycles. The van der Waals surface area contributed by atoms with E-state index in [0.717, 1.165) is 18.7 Å². The summed E-state index contributed by atoms with van der Waals surface area (Å²) < 4.78 is 21.3. The number of morpholine rings is 1. The molecular weight excluding hydrogens is 413 g/mol. The van der Waals surface area contributed by atoms with E-state index in [0.29, 0.717) is 43.0 Å². The third kappa shape index (κ3) is 5.03. The van der Waals surface area contributed by atoms with Crippen LogP contribution in [0.2, 0.25) is 0 Å². The Kier molecular flexibility index (Phi) is 8.24. The van der Waals surface area contributed by atoms with E-state index in [2.05, 4.69) is 4.99 Å². The fraction of sp³-hybridized carbons (Fsp3) is 0.533. The van der Waals surface area contributed by atoms with E-state index in [-0.39, 0.29) is 24.0 Å². The van der Waals surface area contributed by atoms with Crippen molar-refractivity contribution in [1.82, 2.24) is 4.90 Å². The van der Waals surface area contributed by atoms with E-state index in [1.807, 2.05) is 17.0 Å². The monoisotopic (exact) mass is 437 g/mol. The van der Waals surface area contributed by atoms with E-state index < -0.39 is 0 Å². The van der Waals surface area contributed by atoms with Crippen LogP contribution in [0.15, 0.2) is 17.1 Å². The molecule has 0 bridgehead atoms. The molecule has 0 spiro atoms. The van der Waals surface area contributed by atoms with Gasteiger partial charge >= 0.3 is 0 Å². The smallest absolute Gasteiger partial charge is 0.203 e. The largest absolute Gasteiger partial charge is 0.493 e. The number of ether oxygens (including phenoxy) is 4. The van der Waals surface area contributed by atoms with Crippen LogP contribution in [0.3, 0.4) is 0 Å². The van der Waals surface area contributed by atoms with Gasteiger partial charge in [-0.3, -0.25) is 0 Å². The third-order valence-electron chi connectivity index (χ3n) is 3.48. The molecule has 0 atom stereocenters. The molecular formula is C15H24IN3O4. The van der Waals surface area contributed by atoms with Crippen LogP contribution in [0, 0.1) is 0 Å². The van der Waals surface area contributed by atoms with Crippen molar-refractivity contribution in [2.75, 3.05) is 47.6 Å². The highest BCUT2D eigenvalue weighted by Gasteiger charge is 2.14. The number of guanidine groups is 1. The standard InChI is InChI=1S/C15H23N3O4.HI/c1-19-12-8-11(9-13(20-2)14(12)21-3)10-17-15(16)18-4-6-22-7-5-18;/h8-9H,4-7,10H2,1-3H3,(H2,16,17);1H. The van der Waals surface area contributed by atoms with Gasteiger partial charge in [0, 0.05) is 13.1 Å². The Hall–Kier alpha value is -1.42. The first-order valence-electron chi connectivity index (χ1n) is 7.11. The number of methoxy groups -OCH3 is 3. The molecule has 8 heteroatoms. The Morgan fingerprint density at radius 2 is 1.70 bits per heavy atom. The van der Waals surface area contributed by atoms with Crippen molar-refractivity contribution in [3.05, 3.63) is 17.7 Å². The normalized spacial score (nSPS) is 14.9. The first-order valence-corrected chi connectivity index (χ1v) is 7.11. The second-order valence-electron chi connectivity index (χ2n) is 4.81. The fourth-order valence-electron chi connectivity index (χ4n) is 2.29. The molecule has 1 fully saturated rings. The van der Waals surface area contributed by atoms with Gasteiger partial charge in [-0.2, -0.15) is 0 Å². The van der Waals surface area contributed by atoms with Crippen molar-refractivity contribution < 1.29 is 18.9 Å². The van der Waals surface area contributed by atoms with Crippen LogP contribution >= 0.6 is 24.0 Å². The van der Waals surface area contributed by atoms with Crippen LogP contribution in [-0.2, 0) is 11.3 Å². The minimum atomic E-state index is 0. The number of nitrogens with two attached hydrogens (primary N) is 1. The highest BCUT2D eigenvalue weighted by molar-refractivity contribution is 14.0. The molecule has 1 aromatic carbocycles. The van der Waals surface area contributed by atoms with Crippen LogP contribution in [0.1, 0.15) is 5.56 Å². The molecule has 1 aliphatic rings. The van der Waals surface area contributed by atoms with Gasteiger partial charge in [0.2, 0.25) is 5.75 Å². The van der Waals surface area contributed by atoms with Gasteiger partial charge in [0.1, 0.15) is 0 Å². The third-order valence-corrected chi connectivity index (χ3v) is 3.48. The predicted octanol–water partition coefficient (Wildman–Crippen LogP) is 1.48. The Morgan fingerprint density at radius 3 is 2.17 bits per heavy atom. The highest BCUT2D eigenvalue weighted by Crippen LogP contribution is 2.38. The maximum atomic E-state index is 6.03. The Bertz CT molecular complexity index is 508. The summed E-state index contributed by atoms with van der Waals surface area (Å²) in [6.45, 7) is 3.34. The number of nitrogens with zero attached hydrogens (tertiary/aromatic N) is 2. The van der Waals surface area contributed by atoms with Gasteiger partial charge in [0.05, 0.1) is 41.1 Å². The fourth-order valence-corrected chi connectivity index (χ4v) is 2.29. The molecule has 7 nitrogen and oxygen atoms in total. The highest BCUT2D eigenvalue weighted by atomic mass is 127. The lowest BCUT2D eigenvalue weighted by Gasteiger charge is -2.27. The van der Waals surface area contributed by atoms with Gasteiger partial charge in [0.15, 0.2) is 17.5 Å². The average Bonchev–Trinajstić information content (AvgIpc) is 2.59. The number of hydrogen-bond donors (Lipinski definition) is 1. The van der Waals surface area contributed by atoms with Crippen molar-refractivity contribution in [2.24, 2.45) is 10.7 Å². The zero-order valence-electron chi connectivity index (χ0n) is 13.7. The Morgan fingerprint density at radius 1 is 1.13 bits per heavy atom. The summed E-state index contributed by atoms with van der Waals surface area (Å²) in [5.74, 6) is 2.31. The van der Waals surface area contributed by atoms with Crippen molar-refractivity contribution in [3.8, 4) is 17.2 Å². The van der Waals surface area contributed by atoms with Crippen LogP contribution in [0.4, 0.5) is 0 Å². The van der Waals surface area contributed by atoms with Crippen molar-refractivity contribution in [3.63, 3.8) is 0 Å². The zero-order chi connectivity index (χ0) is 15.9. The molecule has 130 valence electrons. The van der Waals surface area contributed by atoms with Gasteiger partial charge in [-0.05, 0) is 17.7 Å². The maximum Gasteiger partial charge on any atom is 0.203 e. The van der Waals surface area contributed by atoms with Crippen LogP contribution in [0.5, 0.6) is 17.2 Å². The van der Waals surface area contributed by atoms with Crippen LogP contribution < -0.4 is 19.9 Å². The summed E-state index contributed by atoms with van der Waals surface area (Å²) in [4.78, 5) is 6.45. The first-order chi connectivity index (χ1) is 10.7. The topological polar surface area (TPSA) is 78.5 Å². The van der Waals surface area contributed by atoms with Crippen molar-refractivity contribution >= 4 is 29.9 Å². The number of rotatable bonds is 5. The van der Waals surface area contributed by atoms with Gasteiger partial charge < -0.3 is 29.6 Å². The molecule has 0 unspecified atom stereocenters. The summed E-state index contributed by atoms with van der Waals surface area (Å²) in [7, 11) is 4.76. The Labute approximate surface area is 153 Å². The second-order valence-corrected chi connectivity index (χ2v) is 4.81. The molecule has 1 saturated heterocycles. The molecule has 0 aliphatic carbocycles. The van der Waals surface area contributed by atoms with Crippen LogP contribution in [0.25, 0.3) is 0 Å². The number of hydrogen-bond acceptors (Lipinski definition) is 5. The lowest BCUT2D eigenvalue weighted by atomic mass is 10.2. The van der Waals surface area contributed by atoms with E-state index in [1.165, 1.54) is 0 Å². The summed E-state index contributed by atoms with van der Waals surface area (Å²) in [6, 6.07) is 3.74. The van der Waals surface area contributed by atoms with Crippen LogP contribution in [-0.4, -0.2) is 58.5 Å². The lowest BCUT2D eigenvalue weighted by Crippen LogP contribution is -2.44. The van der Waals surface area contributed by atoms with E-state index in [1.54, 1.807) is 21.3 Å². The summed E-state index contributed by atoms with van der Waals surface area (Å²) in [5, 5.41) is 0. The molecule has 0 saturated carbocycles. The van der Waals surface area contributed by atoms with E-state index in [9.17, 15) is 0 Å². The summed E-state index contributed by atoms with van der Waals surface area (Å²) in [6.07, 6.45) is 0. The molecule has 23 heavy (non-hydrogen) atoms. The molecule has 2 N–H and O–H groups in total. The minimum absolute atomic E-state index is 0. The molecule has 0 amide bonds. The average molecular weight is 437 g/mol. The molecule has 1 aliphatic heterocycles.